The number of hydrogen-bond acceptors (Lipinski definition) is 3. The highest BCUT2D eigenvalue weighted by molar-refractivity contribution is 7.89. The third-order valence-electron chi connectivity index (χ3n) is 3.74. The molecule has 118 valence electrons. The standard InChI is InChI=1S/C15H23ClN2O2S/c1-3-6-17-10-12-4-5-14(16)15(9-12)21(19,20)18-13-7-11(2)8-13/h4-5,9,11,13,17-18H,3,6-8,10H2,1-2H3. The molecule has 2 N–H and O–H groups in total. The number of nitrogens with one attached hydrogen (secondary N) is 2. The van der Waals surface area contributed by atoms with E-state index < -0.39 is 10.0 Å². The minimum absolute atomic E-state index is 0.0444. The highest BCUT2D eigenvalue weighted by Crippen LogP contribution is 2.29. The molecule has 0 unspecified atom stereocenters. The molecule has 1 aliphatic rings. The Morgan fingerprint density at radius 3 is 2.67 bits per heavy atom. The molecule has 0 spiro atoms. The van der Waals surface area contributed by atoms with E-state index in [4.69, 9.17) is 11.6 Å². The van der Waals surface area contributed by atoms with E-state index in [1.165, 1.54) is 0 Å². The lowest BCUT2D eigenvalue weighted by molar-refractivity contribution is 0.270. The summed E-state index contributed by atoms with van der Waals surface area (Å²) in [6.45, 7) is 5.77. The number of benzene rings is 1. The Kier molecular flexibility index (Phi) is 5.66. The van der Waals surface area contributed by atoms with Gasteiger partial charge in [-0.3, -0.25) is 0 Å². The monoisotopic (exact) mass is 330 g/mol. The van der Waals surface area contributed by atoms with Crippen LogP contribution < -0.4 is 10.0 Å². The van der Waals surface area contributed by atoms with E-state index in [0.29, 0.717) is 12.5 Å². The molecule has 2 rings (SSSR count). The summed E-state index contributed by atoms with van der Waals surface area (Å²) in [5.41, 5.74) is 0.926. The molecule has 0 amide bonds. The van der Waals surface area contributed by atoms with Gasteiger partial charge in [-0.25, -0.2) is 13.1 Å². The smallest absolute Gasteiger partial charge is 0.242 e. The molecule has 0 atom stereocenters. The lowest BCUT2D eigenvalue weighted by Crippen LogP contribution is -2.43. The van der Waals surface area contributed by atoms with E-state index in [9.17, 15) is 8.42 Å². The number of hydrogen-bond donors (Lipinski definition) is 2. The van der Waals surface area contributed by atoms with Crippen molar-refractivity contribution in [3.8, 4) is 0 Å². The molecule has 0 aliphatic heterocycles. The molecule has 1 aromatic carbocycles. The van der Waals surface area contributed by atoms with E-state index in [0.717, 1.165) is 31.4 Å². The summed E-state index contributed by atoms with van der Waals surface area (Å²) < 4.78 is 27.6. The minimum atomic E-state index is -3.54. The van der Waals surface area contributed by atoms with Crippen LogP contribution in [0.25, 0.3) is 0 Å². The Labute approximate surface area is 132 Å². The molecular weight excluding hydrogens is 308 g/mol. The topological polar surface area (TPSA) is 58.2 Å². The summed E-state index contributed by atoms with van der Waals surface area (Å²) in [6.07, 6.45) is 2.84. The van der Waals surface area contributed by atoms with Gasteiger partial charge in [0.05, 0.1) is 5.02 Å². The van der Waals surface area contributed by atoms with Gasteiger partial charge in [-0.15, -0.1) is 0 Å². The maximum Gasteiger partial charge on any atom is 0.242 e. The zero-order valence-electron chi connectivity index (χ0n) is 12.5. The fourth-order valence-corrected chi connectivity index (χ4v) is 4.37. The van der Waals surface area contributed by atoms with Crippen molar-refractivity contribution in [2.24, 2.45) is 5.92 Å². The average Bonchev–Trinajstić information content (AvgIpc) is 2.39. The maximum absolute atomic E-state index is 12.4. The Hall–Kier alpha value is -0.620. The van der Waals surface area contributed by atoms with Crippen LogP contribution in [0.5, 0.6) is 0 Å². The molecule has 6 heteroatoms. The molecule has 1 aromatic rings. The predicted molar refractivity (Wildman–Crippen MR) is 86.0 cm³/mol. The lowest BCUT2D eigenvalue weighted by atomic mass is 9.83. The van der Waals surface area contributed by atoms with Gasteiger partial charge in [0.25, 0.3) is 0 Å². The molecule has 0 aromatic heterocycles. The maximum atomic E-state index is 12.4. The van der Waals surface area contributed by atoms with Gasteiger partial charge >= 0.3 is 0 Å². The first-order chi connectivity index (χ1) is 9.92. The summed E-state index contributed by atoms with van der Waals surface area (Å²) in [5, 5.41) is 3.53. The van der Waals surface area contributed by atoms with Crippen molar-refractivity contribution in [1.29, 1.82) is 0 Å². The van der Waals surface area contributed by atoms with Crippen LogP contribution in [0.3, 0.4) is 0 Å². The van der Waals surface area contributed by atoms with Crippen molar-refractivity contribution < 1.29 is 8.42 Å². The first-order valence-corrected chi connectivity index (χ1v) is 9.30. The highest BCUT2D eigenvalue weighted by Gasteiger charge is 2.30. The fraction of sp³-hybridized carbons (Fsp3) is 0.600. The SMILES string of the molecule is CCCNCc1ccc(Cl)c(S(=O)(=O)NC2CC(C)C2)c1. The van der Waals surface area contributed by atoms with Gasteiger partial charge in [0.15, 0.2) is 0 Å². The second kappa shape index (κ2) is 7.09. The van der Waals surface area contributed by atoms with Crippen LogP contribution in [-0.2, 0) is 16.6 Å². The quantitative estimate of drug-likeness (QED) is 0.756. The second-order valence-electron chi connectivity index (χ2n) is 5.84. The van der Waals surface area contributed by atoms with Gasteiger partial charge < -0.3 is 5.32 Å². The largest absolute Gasteiger partial charge is 0.313 e. The van der Waals surface area contributed by atoms with Crippen LogP contribution in [0.2, 0.25) is 5.02 Å². The third kappa shape index (κ3) is 4.42. The molecule has 4 nitrogen and oxygen atoms in total. The zero-order valence-corrected chi connectivity index (χ0v) is 14.1. The molecule has 1 aliphatic carbocycles. The summed E-state index contributed by atoms with van der Waals surface area (Å²) in [4.78, 5) is 0.180. The summed E-state index contributed by atoms with van der Waals surface area (Å²) >= 11 is 6.08. The van der Waals surface area contributed by atoms with Crippen molar-refractivity contribution in [3.05, 3.63) is 28.8 Å². The Bertz CT molecular complexity index is 583. The molecule has 1 fully saturated rings. The summed E-state index contributed by atoms with van der Waals surface area (Å²) in [6, 6.07) is 5.22. The van der Waals surface area contributed by atoms with Crippen LogP contribution in [-0.4, -0.2) is 21.0 Å². The average molecular weight is 331 g/mol. The van der Waals surface area contributed by atoms with Crippen molar-refractivity contribution in [2.75, 3.05) is 6.54 Å². The zero-order chi connectivity index (χ0) is 15.5. The number of halogens is 1. The lowest BCUT2D eigenvalue weighted by Gasteiger charge is -2.33. The molecule has 0 radical (unpaired) electrons. The second-order valence-corrected chi connectivity index (χ2v) is 7.93. The van der Waals surface area contributed by atoms with E-state index >= 15 is 0 Å². The first-order valence-electron chi connectivity index (χ1n) is 7.44. The Balaban J connectivity index is 2.11. The number of sulfonamides is 1. The normalized spacial score (nSPS) is 22.0. The molecular formula is C15H23ClN2O2S. The van der Waals surface area contributed by atoms with Gasteiger partial charge in [-0.05, 0) is 49.4 Å². The van der Waals surface area contributed by atoms with Crippen LogP contribution in [0.1, 0.15) is 38.7 Å². The molecule has 1 saturated carbocycles. The molecule has 0 heterocycles. The summed E-state index contributed by atoms with van der Waals surface area (Å²) in [5.74, 6) is 0.595. The van der Waals surface area contributed by atoms with Crippen LogP contribution in [0.15, 0.2) is 23.1 Å². The van der Waals surface area contributed by atoms with Crippen molar-refractivity contribution in [3.63, 3.8) is 0 Å². The van der Waals surface area contributed by atoms with Crippen molar-refractivity contribution in [1.82, 2.24) is 10.0 Å². The van der Waals surface area contributed by atoms with E-state index in [1.807, 2.05) is 6.07 Å². The highest BCUT2D eigenvalue weighted by atomic mass is 35.5. The van der Waals surface area contributed by atoms with E-state index in [2.05, 4.69) is 23.9 Å². The molecule has 21 heavy (non-hydrogen) atoms. The minimum Gasteiger partial charge on any atom is -0.313 e. The van der Waals surface area contributed by atoms with Gasteiger partial charge in [-0.1, -0.05) is 31.5 Å². The fourth-order valence-electron chi connectivity index (χ4n) is 2.55. The van der Waals surface area contributed by atoms with E-state index in [-0.39, 0.29) is 16.0 Å². The predicted octanol–water partition coefficient (Wildman–Crippen LogP) is 2.92. The van der Waals surface area contributed by atoms with Crippen LogP contribution in [0, 0.1) is 5.92 Å². The Morgan fingerprint density at radius 2 is 2.05 bits per heavy atom. The third-order valence-corrected chi connectivity index (χ3v) is 5.74. The first kappa shape index (κ1) is 16.7. The molecule has 0 bridgehead atoms. The summed E-state index contributed by atoms with van der Waals surface area (Å²) in [7, 11) is -3.54. The van der Waals surface area contributed by atoms with Gasteiger partial charge in [-0.2, -0.15) is 0 Å². The van der Waals surface area contributed by atoms with Crippen molar-refractivity contribution in [2.45, 2.75) is 50.6 Å². The van der Waals surface area contributed by atoms with Gasteiger partial charge in [0.1, 0.15) is 4.90 Å². The van der Waals surface area contributed by atoms with Gasteiger partial charge in [0, 0.05) is 12.6 Å². The van der Waals surface area contributed by atoms with Crippen molar-refractivity contribution >= 4 is 21.6 Å². The van der Waals surface area contributed by atoms with Crippen LogP contribution in [0.4, 0.5) is 0 Å². The van der Waals surface area contributed by atoms with Gasteiger partial charge in [0.2, 0.25) is 10.0 Å². The van der Waals surface area contributed by atoms with Crippen LogP contribution >= 0.6 is 11.6 Å². The number of rotatable bonds is 7. The van der Waals surface area contributed by atoms with E-state index in [1.54, 1.807) is 12.1 Å². The molecule has 0 saturated heterocycles. The Morgan fingerprint density at radius 1 is 1.33 bits per heavy atom.